The lowest BCUT2D eigenvalue weighted by Crippen LogP contribution is -2.49. The van der Waals surface area contributed by atoms with E-state index >= 15 is 0 Å². The number of carbonyl (C=O) groups excluding carboxylic acids is 2. The van der Waals surface area contributed by atoms with Crippen LogP contribution in [0.3, 0.4) is 0 Å². The van der Waals surface area contributed by atoms with Crippen LogP contribution in [-0.2, 0) is 19.6 Å². The van der Waals surface area contributed by atoms with E-state index in [1.54, 1.807) is 36.3 Å². The molecular formula is C22H26N2O7S. The largest absolute Gasteiger partial charge is 0.497 e. The number of benzene rings is 2. The summed E-state index contributed by atoms with van der Waals surface area (Å²) in [5.74, 6) is 0.703. The summed E-state index contributed by atoms with van der Waals surface area (Å²) in [4.78, 5) is 25.3. The van der Waals surface area contributed by atoms with Crippen molar-refractivity contribution in [3.05, 3.63) is 54.1 Å². The van der Waals surface area contributed by atoms with Crippen molar-refractivity contribution in [2.75, 3.05) is 46.5 Å². The number of sulfonamides is 1. The number of hydrogen-bond donors (Lipinski definition) is 0. The molecule has 172 valence electrons. The zero-order valence-electron chi connectivity index (χ0n) is 18.0. The second-order valence-electron chi connectivity index (χ2n) is 7.09. The first kappa shape index (κ1) is 23.6. The third-order valence-electron chi connectivity index (χ3n) is 5.06. The van der Waals surface area contributed by atoms with E-state index in [9.17, 15) is 18.0 Å². The summed E-state index contributed by atoms with van der Waals surface area (Å²) >= 11 is 0. The van der Waals surface area contributed by atoms with Gasteiger partial charge < -0.3 is 19.1 Å². The van der Waals surface area contributed by atoms with Gasteiger partial charge in [-0.3, -0.25) is 4.79 Å². The number of amides is 1. The molecule has 0 radical (unpaired) electrons. The van der Waals surface area contributed by atoms with Gasteiger partial charge in [0.15, 0.2) is 0 Å². The molecule has 1 fully saturated rings. The van der Waals surface area contributed by atoms with E-state index in [1.165, 1.54) is 35.5 Å². The summed E-state index contributed by atoms with van der Waals surface area (Å²) < 4.78 is 42.7. The van der Waals surface area contributed by atoms with Gasteiger partial charge in [0.05, 0.1) is 17.6 Å². The highest BCUT2D eigenvalue weighted by Gasteiger charge is 2.29. The average Bonchev–Trinajstić information content (AvgIpc) is 2.82. The summed E-state index contributed by atoms with van der Waals surface area (Å²) in [7, 11) is -2.12. The molecule has 1 aliphatic rings. The van der Waals surface area contributed by atoms with Crippen molar-refractivity contribution < 1.29 is 32.2 Å². The van der Waals surface area contributed by atoms with Gasteiger partial charge in [0.25, 0.3) is 0 Å². The molecule has 10 heteroatoms. The van der Waals surface area contributed by atoms with Crippen molar-refractivity contribution in [3.8, 4) is 11.5 Å². The third kappa shape index (κ3) is 5.77. The van der Waals surface area contributed by atoms with Crippen LogP contribution in [0.25, 0.3) is 0 Å². The lowest BCUT2D eigenvalue weighted by atomic mass is 10.2. The molecule has 3 rings (SSSR count). The molecule has 1 heterocycles. The van der Waals surface area contributed by atoms with Crippen LogP contribution in [-0.4, -0.2) is 76.0 Å². The van der Waals surface area contributed by atoms with Gasteiger partial charge in [0.2, 0.25) is 15.9 Å². The Bertz CT molecular complexity index is 1030. The number of methoxy groups -OCH3 is 1. The molecule has 9 nitrogen and oxygen atoms in total. The highest BCUT2D eigenvalue weighted by atomic mass is 32.2. The van der Waals surface area contributed by atoms with Crippen LogP contribution in [0.4, 0.5) is 0 Å². The highest BCUT2D eigenvalue weighted by molar-refractivity contribution is 7.89. The van der Waals surface area contributed by atoms with Crippen molar-refractivity contribution in [2.24, 2.45) is 0 Å². The first-order valence-electron chi connectivity index (χ1n) is 10.1. The van der Waals surface area contributed by atoms with Crippen molar-refractivity contribution in [1.82, 2.24) is 9.21 Å². The Kier molecular flexibility index (Phi) is 7.70. The second-order valence-corrected chi connectivity index (χ2v) is 9.03. The van der Waals surface area contributed by atoms with Crippen molar-refractivity contribution in [2.45, 2.75) is 11.8 Å². The summed E-state index contributed by atoms with van der Waals surface area (Å²) in [6.07, 6.45) is 0. The van der Waals surface area contributed by atoms with Crippen LogP contribution in [0.1, 0.15) is 17.3 Å². The normalized spacial score (nSPS) is 14.6. The first-order valence-corrected chi connectivity index (χ1v) is 11.5. The van der Waals surface area contributed by atoms with Crippen LogP contribution in [0.2, 0.25) is 0 Å². The summed E-state index contributed by atoms with van der Waals surface area (Å²) in [5.41, 5.74) is 0.245. The Morgan fingerprint density at radius 1 is 0.875 bits per heavy atom. The van der Waals surface area contributed by atoms with E-state index in [-0.39, 0.29) is 42.7 Å². The zero-order valence-corrected chi connectivity index (χ0v) is 18.8. The van der Waals surface area contributed by atoms with Gasteiger partial charge in [-0.15, -0.1) is 0 Å². The number of rotatable bonds is 8. The van der Waals surface area contributed by atoms with Gasteiger partial charge in [-0.05, 0) is 48.5 Å². The molecule has 0 saturated carbocycles. The smallest absolute Gasteiger partial charge is 0.338 e. The van der Waals surface area contributed by atoms with Gasteiger partial charge in [0.1, 0.15) is 24.7 Å². The molecule has 0 atom stereocenters. The molecule has 0 N–H and O–H groups in total. The molecule has 0 aliphatic carbocycles. The van der Waals surface area contributed by atoms with Gasteiger partial charge in [0, 0.05) is 33.1 Å². The van der Waals surface area contributed by atoms with Crippen LogP contribution < -0.4 is 9.47 Å². The molecule has 0 spiro atoms. The van der Waals surface area contributed by atoms with Crippen LogP contribution in [0.15, 0.2) is 53.4 Å². The number of piperazine rings is 1. The minimum absolute atomic E-state index is 0.0470. The van der Waals surface area contributed by atoms with E-state index in [0.29, 0.717) is 24.6 Å². The molecule has 0 bridgehead atoms. The maximum Gasteiger partial charge on any atom is 0.338 e. The number of hydrogen-bond acceptors (Lipinski definition) is 7. The maximum atomic E-state index is 12.8. The molecule has 1 amide bonds. The summed E-state index contributed by atoms with van der Waals surface area (Å²) in [6, 6.07) is 12.6. The fourth-order valence-corrected chi connectivity index (χ4v) is 4.63. The van der Waals surface area contributed by atoms with Gasteiger partial charge in [-0.25, -0.2) is 13.2 Å². The highest BCUT2D eigenvalue weighted by Crippen LogP contribution is 2.19. The lowest BCUT2D eigenvalue weighted by Gasteiger charge is -2.33. The first-order chi connectivity index (χ1) is 15.3. The van der Waals surface area contributed by atoms with E-state index in [1.807, 2.05) is 0 Å². The zero-order chi connectivity index (χ0) is 23.1. The number of ether oxygens (including phenoxy) is 3. The molecule has 0 unspecified atom stereocenters. The van der Waals surface area contributed by atoms with Gasteiger partial charge >= 0.3 is 5.97 Å². The Hall–Kier alpha value is -3.11. The minimum Gasteiger partial charge on any atom is -0.497 e. The molecule has 32 heavy (non-hydrogen) atoms. The summed E-state index contributed by atoms with van der Waals surface area (Å²) in [6.45, 7) is 2.88. The van der Waals surface area contributed by atoms with Gasteiger partial charge in [-0.2, -0.15) is 4.31 Å². The topological polar surface area (TPSA) is 102 Å². The standard InChI is InChI=1S/C22H26N2O7S/c1-17(25)23-11-13-24(14-12-23)32(27,28)21-9-3-18(4-10-21)22(26)31-16-15-30-20-7-5-19(29-2)6-8-20/h3-10H,11-16H2,1-2H3. The summed E-state index contributed by atoms with van der Waals surface area (Å²) in [5, 5.41) is 0. The maximum absolute atomic E-state index is 12.8. The van der Waals surface area contributed by atoms with Crippen molar-refractivity contribution in [3.63, 3.8) is 0 Å². The quantitative estimate of drug-likeness (QED) is 0.435. The molecule has 2 aromatic carbocycles. The van der Waals surface area contributed by atoms with Crippen molar-refractivity contribution in [1.29, 1.82) is 0 Å². The lowest BCUT2D eigenvalue weighted by molar-refractivity contribution is -0.129. The van der Waals surface area contributed by atoms with Gasteiger partial charge in [-0.1, -0.05) is 0 Å². The monoisotopic (exact) mass is 462 g/mol. The Morgan fingerprint density at radius 3 is 2.03 bits per heavy atom. The predicted octanol–water partition coefficient (Wildman–Crippen LogP) is 1.78. The van der Waals surface area contributed by atoms with E-state index in [0.717, 1.165) is 0 Å². The van der Waals surface area contributed by atoms with Crippen LogP contribution in [0, 0.1) is 0 Å². The Balaban J connectivity index is 1.49. The van der Waals surface area contributed by atoms with Crippen LogP contribution in [0.5, 0.6) is 11.5 Å². The Morgan fingerprint density at radius 2 is 1.47 bits per heavy atom. The van der Waals surface area contributed by atoms with E-state index < -0.39 is 16.0 Å². The molecule has 1 aliphatic heterocycles. The molecule has 2 aromatic rings. The number of nitrogens with zero attached hydrogens (tertiary/aromatic N) is 2. The molecule has 0 aromatic heterocycles. The number of esters is 1. The Labute approximate surface area is 187 Å². The number of carbonyl (C=O) groups is 2. The minimum atomic E-state index is -3.70. The SMILES string of the molecule is COc1ccc(OCCOC(=O)c2ccc(S(=O)(=O)N3CCN(C(C)=O)CC3)cc2)cc1. The average molecular weight is 463 g/mol. The third-order valence-corrected chi connectivity index (χ3v) is 6.97. The fraction of sp³-hybridized carbons (Fsp3) is 0.364. The van der Waals surface area contributed by atoms with Crippen LogP contribution >= 0.6 is 0 Å². The fourth-order valence-electron chi connectivity index (χ4n) is 3.20. The predicted molar refractivity (Wildman–Crippen MR) is 116 cm³/mol. The van der Waals surface area contributed by atoms with Crippen molar-refractivity contribution >= 4 is 21.9 Å². The molecular weight excluding hydrogens is 436 g/mol. The molecule has 1 saturated heterocycles. The second kappa shape index (κ2) is 10.5. The van der Waals surface area contributed by atoms with E-state index in [4.69, 9.17) is 14.2 Å². The van der Waals surface area contributed by atoms with E-state index in [2.05, 4.69) is 0 Å².